The molecule has 0 N–H and O–H groups in total. The minimum absolute atomic E-state index is 0.515. The molecule has 4 aromatic rings. The molecule has 2 heteroatoms. The first-order valence-corrected chi connectivity index (χ1v) is 12.6. The molecule has 2 aliphatic rings. The maximum atomic E-state index is 5.26. The van der Waals surface area contributed by atoms with Crippen LogP contribution in [0.3, 0.4) is 0 Å². The molecule has 1 unspecified atom stereocenters. The zero-order valence-corrected chi connectivity index (χ0v) is 21.4. The van der Waals surface area contributed by atoms with Crippen molar-refractivity contribution in [3.8, 4) is 5.69 Å². The van der Waals surface area contributed by atoms with E-state index in [2.05, 4.69) is 111 Å². The third-order valence-corrected chi connectivity index (χ3v) is 7.36. The molecule has 36 heavy (non-hydrogen) atoms. The van der Waals surface area contributed by atoms with Crippen LogP contribution in [0, 0.1) is 0 Å². The topological polar surface area (TPSA) is 17.8 Å². The molecule has 1 aromatic heterocycles. The van der Waals surface area contributed by atoms with Crippen LogP contribution in [0.15, 0.2) is 116 Å². The standard InChI is InChI=1S/C31H26N2.C3H6/c1-5-20(6-2)21-17-18-28-26(19-21)31(30-32-27-15-11-12-16-29(27)33(28)30)24(8-4)22(7-3)23-13-9-10-14-25(23)31;1-3-2/h5,7-19H,3-4,6H2,1-2H3;3H,1H2,2H3/b20-5+;. The second-order valence-corrected chi connectivity index (χ2v) is 9.10. The Kier molecular flexibility index (Phi) is 5.97. The van der Waals surface area contributed by atoms with Gasteiger partial charge in [0.25, 0.3) is 0 Å². The summed E-state index contributed by atoms with van der Waals surface area (Å²) in [5, 5.41) is 0. The summed E-state index contributed by atoms with van der Waals surface area (Å²) in [6.45, 7) is 18.0. The molecule has 178 valence electrons. The average Bonchev–Trinajstić information content (AvgIpc) is 3.52. The number of aromatic nitrogens is 2. The fourth-order valence-corrected chi connectivity index (χ4v) is 6.00. The lowest BCUT2D eigenvalue weighted by atomic mass is 9.71. The smallest absolute Gasteiger partial charge is 0.134 e. The van der Waals surface area contributed by atoms with E-state index in [0.29, 0.717) is 0 Å². The second-order valence-electron chi connectivity index (χ2n) is 9.10. The fourth-order valence-electron chi connectivity index (χ4n) is 6.00. The molecule has 0 amide bonds. The Hall–Kier alpha value is -4.17. The van der Waals surface area contributed by atoms with Gasteiger partial charge in [0.2, 0.25) is 0 Å². The number of hydrogen-bond acceptors (Lipinski definition) is 1. The van der Waals surface area contributed by atoms with Crippen molar-refractivity contribution in [3.05, 3.63) is 144 Å². The highest BCUT2D eigenvalue weighted by Crippen LogP contribution is 2.60. The van der Waals surface area contributed by atoms with Gasteiger partial charge in [0.15, 0.2) is 0 Å². The lowest BCUT2D eigenvalue weighted by molar-refractivity contribution is 0.732. The van der Waals surface area contributed by atoms with Gasteiger partial charge in [0, 0.05) is 0 Å². The Labute approximate surface area is 214 Å². The molecule has 2 nitrogen and oxygen atoms in total. The molecular formula is C34H32N2. The molecule has 3 aromatic carbocycles. The lowest BCUT2D eigenvalue weighted by Crippen LogP contribution is -2.28. The van der Waals surface area contributed by atoms with Crippen molar-refractivity contribution in [1.82, 2.24) is 9.55 Å². The van der Waals surface area contributed by atoms with E-state index in [1.807, 2.05) is 19.1 Å². The summed E-state index contributed by atoms with van der Waals surface area (Å²) < 4.78 is 2.35. The summed E-state index contributed by atoms with van der Waals surface area (Å²) in [5.74, 6) is 1.04. The quantitative estimate of drug-likeness (QED) is 0.274. The summed E-state index contributed by atoms with van der Waals surface area (Å²) in [6, 6.07) is 24.0. The van der Waals surface area contributed by atoms with Crippen molar-refractivity contribution in [2.75, 3.05) is 0 Å². The van der Waals surface area contributed by atoms with E-state index in [9.17, 15) is 0 Å². The monoisotopic (exact) mass is 468 g/mol. The second kappa shape index (κ2) is 9.13. The van der Waals surface area contributed by atoms with Crippen molar-refractivity contribution in [2.24, 2.45) is 0 Å². The molecule has 0 saturated carbocycles. The SMILES string of the molecule is C=CC.C=CC1=C(C=C)C2(c3ccccc31)c1cc(/C(=C/C)CC)ccc1-n1c2nc2ccccc21. The lowest BCUT2D eigenvalue weighted by Gasteiger charge is -2.28. The van der Waals surface area contributed by atoms with E-state index in [1.54, 1.807) is 6.08 Å². The van der Waals surface area contributed by atoms with Crippen molar-refractivity contribution < 1.29 is 0 Å². The van der Waals surface area contributed by atoms with E-state index in [-0.39, 0.29) is 0 Å². The Morgan fingerprint density at radius 2 is 1.64 bits per heavy atom. The van der Waals surface area contributed by atoms with Crippen LogP contribution in [0.4, 0.5) is 0 Å². The van der Waals surface area contributed by atoms with Crippen molar-refractivity contribution >= 4 is 22.2 Å². The molecule has 0 saturated heterocycles. The van der Waals surface area contributed by atoms with Gasteiger partial charge in [-0.2, -0.15) is 0 Å². The highest BCUT2D eigenvalue weighted by molar-refractivity contribution is 5.95. The Morgan fingerprint density at radius 1 is 0.917 bits per heavy atom. The van der Waals surface area contributed by atoms with Gasteiger partial charge in [-0.1, -0.05) is 86.9 Å². The van der Waals surface area contributed by atoms with E-state index in [1.165, 1.54) is 33.5 Å². The minimum atomic E-state index is -0.515. The number of nitrogens with zero attached hydrogens (tertiary/aromatic N) is 2. The Balaban J connectivity index is 0.000000848. The molecular weight excluding hydrogens is 436 g/mol. The van der Waals surface area contributed by atoms with Crippen LogP contribution in [-0.4, -0.2) is 9.55 Å². The van der Waals surface area contributed by atoms with Gasteiger partial charge in [-0.25, -0.2) is 4.98 Å². The fraction of sp³-hybridized carbons (Fsp3) is 0.147. The van der Waals surface area contributed by atoms with Gasteiger partial charge in [-0.3, -0.25) is 4.57 Å². The van der Waals surface area contributed by atoms with Crippen LogP contribution < -0.4 is 0 Å². The summed E-state index contributed by atoms with van der Waals surface area (Å²) in [6.07, 6.45) is 8.95. The first kappa shape index (κ1) is 23.6. The van der Waals surface area contributed by atoms with Crippen LogP contribution >= 0.6 is 0 Å². The van der Waals surface area contributed by atoms with Gasteiger partial charge in [0.05, 0.1) is 16.7 Å². The maximum Gasteiger partial charge on any atom is 0.134 e. The molecule has 0 fully saturated rings. The van der Waals surface area contributed by atoms with Crippen LogP contribution in [0.25, 0.3) is 27.9 Å². The summed E-state index contributed by atoms with van der Waals surface area (Å²) in [4.78, 5) is 5.26. The molecule has 0 radical (unpaired) electrons. The van der Waals surface area contributed by atoms with Crippen molar-refractivity contribution in [2.45, 2.75) is 32.6 Å². The largest absolute Gasteiger partial charge is 0.295 e. The molecule has 1 aliphatic heterocycles. The first-order chi connectivity index (χ1) is 17.6. The Bertz CT molecular complexity index is 1590. The van der Waals surface area contributed by atoms with Gasteiger partial charge in [-0.05, 0) is 83.5 Å². The van der Waals surface area contributed by atoms with E-state index >= 15 is 0 Å². The number of fused-ring (bicyclic) bond motifs is 9. The van der Waals surface area contributed by atoms with Gasteiger partial charge in [-0.15, -0.1) is 6.58 Å². The van der Waals surface area contributed by atoms with Crippen LogP contribution in [0.5, 0.6) is 0 Å². The van der Waals surface area contributed by atoms with Gasteiger partial charge in [0.1, 0.15) is 11.2 Å². The third-order valence-electron chi connectivity index (χ3n) is 7.36. The molecule has 1 atom stereocenters. The first-order valence-electron chi connectivity index (χ1n) is 12.6. The van der Waals surface area contributed by atoms with Crippen molar-refractivity contribution in [3.63, 3.8) is 0 Å². The molecule has 1 spiro atoms. The molecule has 6 rings (SSSR count). The Morgan fingerprint density at radius 3 is 2.33 bits per heavy atom. The van der Waals surface area contributed by atoms with E-state index in [4.69, 9.17) is 4.98 Å². The average molecular weight is 469 g/mol. The minimum Gasteiger partial charge on any atom is -0.295 e. The van der Waals surface area contributed by atoms with E-state index in [0.717, 1.165) is 34.4 Å². The number of benzene rings is 3. The van der Waals surface area contributed by atoms with Gasteiger partial charge < -0.3 is 0 Å². The highest BCUT2D eigenvalue weighted by Gasteiger charge is 2.54. The van der Waals surface area contributed by atoms with Crippen molar-refractivity contribution in [1.29, 1.82) is 0 Å². The van der Waals surface area contributed by atoms with E-state index < -0.39 is 5.41 Å². The summed E-state index contributed by atoms with van der Waals surface area (Å²) >= 11 is 0. The number of rotatable bonds is 4. The van der Waals surface area contributed by atoms with Crippen LogP contribution in [-0.2, 0) is 5.41 Å². The van der Waals surface area contributed by atoms with Crippen LogP contribution in [0.1, 0.15) is 55.3 Å². The maximum absolute atomic E-state index is 5.26. The predicted molar refractivity (Wildman–Crippen MR) is 155 cm³/mol. The molecule has 2 heterocycles. The number of imidazole rings is 1. The normalized spacial score (nSPS) is 17.4. The number of hydrogen-bond donors (Lipinski definition) is 0. The molecule has 0 bridgehead atoms. The number of allylic oxidation sites excluding steroid dienone is 7. The van der Waals surface area contributed by atoms with Crippen LogP contribution in [0.2, 0.25) is 0 Å². The predicted octanol–water partition coefficient (Wildman–Crippen LogP) is 8.82. The van der Waals surface area contributed by atoms with Gasteiger partial charge >= 0.3 is 0 Å². The zero-order valence-electron chi connectivity index (χ0n) is 21.4. The summed E-state index contributed by atoms with van der Waals surface area (Å²) in [7, 11) is 0. The summed E-state index contributed by atoms with van der Waals surface area (Å²) in [5.41, 5.74) is 11.5. The number of para-hydroxylation sites is 2. The third kappa shape index (κ3) is 3.01. The molecule has 1 aliphatic carbocycles. The zero-order chi connectivity index (χ0) is 25.4. The highest BCUT2D eigenvalue weighted by atomic mass is 15.1.